The topological polar surface area (TPSA) is 26.3 Å². The quantitative estimate of drug-likeness (QED) is 0.482. The summed E-state index contributed by atoms with van der Waals surface area (Å²) >= 11 is 0. The van der Waals surface area contributed by atoms with E-state index < -0.39 is 0 Å². The monoisotopic (exact) mass is 307 g/mol. The molecule has 0 atom stereocenters. The first-order valence-electron chi connectivity index (χ1n) is 4.08. The molecule has 5 radical (unpaired) electrons. The van der Waals surface area contributed by atoms with E-state index in [2.05, 4.69) is 0 Å². The summed E-state index contributed by atoms with van der Waals surface area (Å²) < 4.78 is 5.02. The van der Waals surface area contributed by atoms with E-state index in [1.54, 1.807) is 12.1 Å². The van der Waals surface area contributed by atoms with E-state index in [9.17, 15) is 4.79 Å². The first-order valence-corrected chi connectivity index (χ1v) is 4.08. The molecular weight excluding hydrogens is 294 g/mol. The predicted molar refractivity (Wildman–Crippen MR) is 58.5 cm³/mol. The first kappa shape index (κ1) is 16.9. The number of carbonyl (C=O) groups excluding carboxylic acids is 1. The minimum Gasteiger partial charge on any atom is -0.427 e. The van der Waals surface area contributed by atoms with Crippen LogP contribution in [-0.2, 0) is 4.79 Å². The van der Waals surface area contributed by atoms with E-state index in [0.29, 0.717) is 12.2 Å². The maximum absolute atomic E-state index is 11.0. The van der Waals surface area contributed by atoms with E-state index in [4.69, 9.17) is 4.74 Å². The van der Waals surface area contributed by atoms with Crippen LogP contribution in [0.25, 0.3) is 0 Å². The molecule has 14 heavy (non-hydrogen) atoms. The van der Waals surface area contributed by atoms with Crippen LogP contribution in [-0.4, -0.2) is 59.4 Å². The van der Waals surface area contributed by atoms with E-state index in [0.717, 1.165) is 6.42 Å². The van der Waals surface area contributed by atoms with E-state index in [-0.39, 0.29) is 59.4 Å². The van der Waals surface area contributed by atoms with Crippen molar-refractivity contribution in [3.8, 4) is 5.75 Å². The molecule has 69 valence electrons. The van der Waals surface area contributed by atoms with Crippen LogP contribution in [0.15, 0.2) is 30.3 Å². The Morgan fingerprint density at radius 3 is 2.36 bits per heavy atom. The van der Waals surface area contributed by atoms with Gasteiger partial charge < -0.3 is 4.74 Å². The normalized spacial score (nSPS) is 8.07. The number of hydrogen-bond donors (Lipinski definition) is 0. The van der Waals surface area contributed by atoms with Gasteiger partial charge in [-0.3, -0.25) is 4.79 Å². The molecule has 0 heterocycles. The zero-order chi connectivity index (χ0) is 8.81. The van der Waals surface area contributed by atoms with Gasteiger partial charge in [0.25, 0.3) is 0 Å². The molecule has 0 unspecified atom stereocenters. The Morgan fingerprint density at radius 1 is 1.29 bits per heavy atom. The molecule has 1 rings (SSSR count). The molecule has 0 spiro atoms. The number of carbonyl (C=O) groups is 1. The van der Waals surface area contributed by atoms with Crippen LogP contribution in [0, 0.1) is 0 Å². The van der Waals surface area contributed by atoms with E-state index in [1.165, 1.54) is 0 Å². The average molecular weight is 306 g/mol. The molecule has 4 heteroatoms. The second-order valence-electron chi connectivity index (χ2n) is 2.54. The number of esters is 1. The Kier molecular flexibility index (Phi) is 12.1. The van der Waals surface area contributed by atoms with Crippen molar-refractivity contribution in [3.63, 3.8) is 0 Å². The van der Waals surface area contributed by atoms with Gasteiger partial charge in [-0.25, -0.2) is 0 Å². The van der Waals surface area contributed by atoms with Crippen LogP contribution in [0.2, 0.25) is 0 Å². The van der Waals surface area contributed by atoms with Gasteiger partial charge in [0.1, 0.15) is 5.75 Å². The molecule has 0 saturated heterocycles. The SMILES string of the molecule is CCCC(=O)Oc1ccccc1.[Na].[Sn]. The van der Waals surface area contributed by atoms with Gasteiger partial charge in [0.2, 0.25) is 0 Å². The summed E-state index contributed by atoms with van der Waals surface area (Å²) in [4.78, 5) is 11.0. The van der Waals surface area contributed by atoms with Gasteiger partial charge in [0.15, 0.2) is 0 Å². The summed E-state index contributed by atoms with van der Waals surface area (Å²) in [5, 5.41) is 0. The van der Waals surface area contributed by atoms with Gasteiger partial charge in [-0.2, -0.15) is 0 Å². The summed E-state index contributed by atoms with van der Waals surface area (Å²) in [6.07, 6.45) is 1.31. The Balaban J connectivity index is 0. The molecule has 0 aliphatic heterocycles. The minimum absolute atomic E-state index is 0. The van der Waals surface area contributed by atoms with Gasteiger partial charge in [-0.15, -0.1) is 0 Å². The molecule has 0 aromatic heterocycles. The second kappa shape index (κ2) is 10.0. The van der Waals surface area contributed by atoms with Crippen LogP contribution < -0.4 is 4.74 Å². The molecule has 0 saturated carbocycles. The summed E-state index contributed by atoms with van der Waals surface area (Å²) in [7, 11) is 0. The van der Waals surface area contributed by atoms with E-state index >= 15 is 0 Å². The zero-order valence-electron chi connectivity index (χ0n) is 8.62. The van der Waals surface area contributed by atoms with Gasteiger partial charge in [-0.05, 0) is 18.6 Å². The van der Waals surface area contributed by atoms with Gasteiger partial charge in [0, 0.05) is 59.9 Å². The molecule has 0 amide bonds. The predicted octanol–water partition coefficient (Wildman–Crippen LogP) is 1.63. The van der Waals surface area contributed by atoms with Crippen LogP contribution in [0.5, 0.6) is 5.75 Å². The summed E-state index contributed by atoms with van der Waals surface area (Å²) in [5.41, 5.74) is 0. The van der Waals surface area contributed by atoms with Crippen LogP contribution >= 0.6 is 0 Å². The van der Waals surface area contributed by atoms with Gasteiger partial charge in [0.05, 0.1) is 0 Å². The smallest absolute Gasteiger partial charge is 0.311 e. The Labute approximate surface area is 124 Å². The van der Waals surface area contributed by atoms with Crippen molar-refractivity contribution in [2.24, 2.45) is 0 Å². The van der Waals surface area contributed by atoms with Crippen molar-refractivity contribution in [3.05, 3.63) is 30.3 Å². The average Bonchev–Trinajstić information content (AvgIpc) is 2.06. The maximum atomic E-state index is 11.0. The largest absolute Gasteiger partial charge is 0.427 e. The van der Waals surface area contributed by atoms with Crippen LogP contribution in [0.1, 0.15) is 19.8 Å². The molecule has 0 aliphatic carbocycles. The molecule has 1 aromatic carbocycles. The van der Waals surface area contributed by atoms with Gasteiger partial charge in [-0.1, -0.05) is 25.1 Å². The molecular formula is C10H12NaO2Sn. The fourth-order valence-corrected chi connectivity index (χ4v) is 0.875. The van der Waals surface area contributed by atoms with E-state index in [1.807, 2.05) is 25.1 Å². The molecule has 0 aliphatic rings. The standard InChI is InChI=1S/C10H12O2.Na.Sn/c1-2-6-10(11)12-9-7-4-3-5-8-9;;/h3-5,7-8H,2,6H2,1H3;;. The number of benzene rings is 1. The Morgan fingerprint density at radius 2 is 1.86 bits per heavy atom. The number of rotatable bonds is 3. The summed E-state index contributed by atoms with van der Waals surface area (Å²) in [5.74, 6) is 0.458. The Hall–Kier alpha value is 0.489. The van der Waals surface area contributed by atoms with Crippen molar-refractivity contribution in [2.75, 3.05) is 0 Å². The fourth-order valence-electron chi connectivity index (χ4n) is 0.875. The minimum atomic E-state index is -0.163. The van der Waals surface area contributed by atoms with Crippen LogP contribution in [0.4, 0.5) is 0 Å². The molecule has 0 fully saturated rings. The summed E-state index contributed by atoms with van der Waals surface area (Å²) in [6, 6.07) is 9.11. The zero-order valence-corrected chi connectivity index (χ0v) is 13.5. The molecule has 0 bridgehead atoms. The number of hydrogen-bond acceptors (Lipinski definition) is 2. The maximum Gasteiger partial charge on any atom is 0.311 e. The van der Waals surface area contributed by atoms with Crippen LogP contribution in [0.3, 0.4) is 0 Å². The second-order valence-corrected chi connectivity index (χ2v) is 2.54. The first-order chi connectivity index (χ1) is 5.83. The molecule has 2 nitrogen and oxygen atoms in total. The Bertz CT molecular complexity index is 252. The van der Waals surface area contributed by atoms with Crippen molar-refractivity contribution in [1.82, 2.24) is 0 Å². The third-order valence-electron chi connectivity index (χ3n) is 1.43. The third kappa shape index (κ3) is 6.87. The summed E-state index contributed by atoms with van der Waals surface area (Å²) in [6.45, 7) is 1.95. The molecule has 0 N–H and O–H groups in total. The number of para-hydroxylation sites is 1. The number of ether oxygens (including phenoxy) is 1. The third-order valence-corrected chi connectivity index (χ3v) is 1.43. The molecule has 1 aromatic rings. The van der Waals surface area contributed by atoms with Crippen molar-refractivity contribution >= 4 is 59.4 Å². The van der Waals surface area contributed by atoms with Crippen molar-refractivity contribution in [2.45, 2.75) is 19.8 Å². The van der Waals surface area contributed by atoms with Gasteiger partial charge >= 0.3 is 5.97 Å². The van der Waals surface area contributed by atoms with Crippen molar-refractivity contribution < 1.29 is 9.53 Å². The fraction of sp³-hybridized carbons (Fsp3) is 0.300. The van der Waals surface area contributed by atoms with Crippen molar-refractivity contribution in [1.29, 1.82) is 0 Å².